The molecule has 23 heteroatoms. The number of ether oxygens (including phenoxy) is 6. The molecule has 4 rings (SSSR count). The van der Waals surface area contributed by atoms with Gasteiger partial charge < -0.3 is 43.2 Å². The molecule has 0 bridgehead atoms. The van der Waals surface area contributed by atoms with Crippen molar-refractivity contribution in [2.75, 3.05) is 40.5 Å². The molecule has 2 amide bonds. The van der Waals surface area contributed by atoms with Gasteiger partial charge in [-0.15, -0.1) is 5.10 Å². The van der Waals surface area contributed by atoms with Gasteiger partial charge in [0.1, 0.15) is 35.9 Å². The molecule has 0 radical (unpaired) electrons. The van der Waals surface area contributed by atoms with Crippen LogP contribution in [0.2, 0.25) is 0 Å². The summed E-state index contributed by atoms with van der Waals surface area (Å²) in [5, 5.41) is 5.72. The summed E-state index contributed by atoms with van der Waals surface area (Å²) in [4.78, 5) is 65.1. The lowest BCUT2D eigenvalue weighted by atomic mass is 10.2. The number of likely N-dealkylation sites (N-methyl/N-ethyl adjacent to an activating group) is 1. The molecule has 1 N–H and O–H groups in total. The highest BCUT2D eigenvalue weighted by Crippen LogP contribution is 2.33. The van der Waals surface area contributed by atoms with E-state index in [9.17, 15) is 32.3 Å². The Balaban J connectivity index is 1.49. The lowest BCUT2D eigenvalue weighted by Crippen LogP contribution is -2.36. The van der Waals surface area contributed by atoms with Crippen molar-refractivity contribution in [3.63, 3.8) is 0 Å². The molecule has 51 heavy (non-hydrogen) atoms. The third-order valence-corrected chi connectivity index (χ3v) is 6.18. The highest BCUT2D eigenvalue weighted by Gasteiger charge is 2.38. The van der Waals surface area contributed by atoms with E-state index < -0.39 is 54.7 Å². The highest BCUT2D eigenvalue weighted by atomic mass is 19.4. The van der Waals surface area contributed by atoms with Gasteiger partial charge in [0.25, 0.3) is 5.82 Å². The number of nitrogens with one attached hydrogen (secondary N) is 1. The molecular weight excluding hydrogens is 693 g/mol. The molecule has 4 aromatic heterocycles. The van der Waals surface area contributed by atoms with Crippen molar-refractivity contribution in [1.82, 2.24) is 48.9 Å². The van der Waals surface area contributed by atoms with E-state index in [-0.39, 0.29) is 55.9 Å². The number of carbonyl (C=O) groups is 4. The molecule has 4 aromatic rings. The number of rotatable bonds is 12. The van der Waals surface area contributed by atoms with Crippen LogP contribution in [0, 0.1) is 0 Å². The molecule has 4 heterocycles. The van der Waals surface area contributed by atoms with Gasteiger partial charge in [0, 0.05) is 25.6 Å². The third kappa shape index (κ3) is 10.4. The molecule has 0 aliphatic heterocycles. The normalized spacial score (nSPS) is 11.5. The van der Waals surface area contributed by atoms with Gasteiger partial charge in [-0.3, -0.25) is 4.40 Å². The van der Waals surface area contributed by atoms with Gasteiger partial charge in [-0.1, -0.05) is 0 Å². The first kappa shape index (κ1) is 37.7. The van der Waals surface area contributed by atoms with E-state index in [2.05, 4.69) is 35.1 Å². The number of hydrogen-bond acceptors (Lipinski definition) is 15. The van der Waals surface area contributed by atoms with Crippen LogP contribution in [0.3, 0.4) is 0 Å². The van der Waals surface area contributed by atoms with Gasteiger partial charge in [0.15, 0.2) is 19.3 Å². The highest BCUT2D eigenvalue weighted by molar-refractivity contribution is 5.76. The lowest BCUT2D eigenvalue weighted by molar-refractivity contribution is -0.145. The summed E-state index contributed by atoms with van der Waals surface area (Å²) in [6.07, 6.45) is -3.07. The topological polar surface area (TPSA) is 218 Å². The molecule has 20 nitrogen and oxygen atoms in total. The Bertz CT molecular complexity index is 1850. The average molecular weight is 727 g/mol. The summed E-state index contributed by atoms with van der Waals surface area (Å²) < 4.78 is 74.1. The first-order chi connectivity index (χ1) is 24.1. The summed E-state index contributed by atoms with van der Waals surface area (Å²) in [6.45, 7) is 3.28. The average Bonchev–Trinajstić information content (AvgIpc) is 3.80. The number of alkyl halides is 3. The number of amides is 2. The molecule has 0 aliphatic carbocycles. The van der Waals surface area contributed by atoms with Gasteiger partial charge in [0.2, 0.25) is 5.78 Å². The van der Waals surface area contributed by atoms with Crippen LogP contribution in [-0.4, -0.2) is 114 Å². The van der Waals surface area contributed by atoms with Crippen LogP contribution < -0.4 is 5.32 Å². The Hall–Kier alpha value is -6.16. The zero-order valence-electron chi connectivity index (χ0n) is 27.9. The molecule has 0 aromatic carbocycles. The molecule has 0 aliphatic rings. The van der Waals surface area contributed by atoms with Crippen molar-refractivity contribution in [1.29, 1.82) is 0 Å². The fourth-order valence-corrected chi connectivity index (χ4v) is 3.95. The van der Waals surface area contributed by atoms with Crippen LogP contribution in [0.15, 0.2) is 31.0 Å². The molecule has 0 saturated carbocycles. The Labute approximate surface area is 286 Å². The second kappa shape index (κ2) is 16.0. The molecule has 0 spiro atoms. The molecule has 0 atom stereocenters. The number of fused-ring (bicyclic) bond motifs is 1. The maximum Gasteiger partial charge on any atom is 0.510 e. The summed E-state index contributed by atoms with van der Waals surface area (Å²) in [6, 6.07) is 1.54. The first-order valence-corrected chi connectivity index (χ1v) is 14.8. The summed E-state index contributed by atoms with van der Waals surface area (Å²) in [7, 11) is 2.61. The molecule has 0 saturated heterocycles. The van der Waals surface area contributed by atoms with E-state index in [0.29, 0.717) is 4.68 Å². The Kier molecular flexibility index (Phi) is 11.8. The number of nitrogens with zero attached hydrogens (tertiary/aromatic N) is 9. The lowest BCUT2D eigenvalue weighted by Gasteiger charge is -2.24. The summed E-state index contributed by atoms with van der Waals surface area (Å²) in [5.74, 6) is -1.97. The van der Waals surface area contributed by atoms with Crippen molar-refractivity contribution < 1.29 is 60.8 Å². The number of methoxy groups -OCH3 is 1. The quantitative estimate of drug-likeness (QED) is 0.126. The first-order valence-electron chi connectivity index (χ1n) is 14.8. The molecule has 0 unspecified atom stereocenters. The van der Waals surface area contributed by atoms with Gasteiger partial charge in [-0.25, -0.2) is 43.8 Å². The van der Waals surface area contributed by atoms with E-state index >= 15 is 0 Å². The fraction of sp³-hybridized carbons (Fsp3) is 0.464. The van der Waals surface area contributed by atoms with Crippen molar-refractivity contribution in [2.45, 2.75) is 46.0 Å². The van der Waals surface area contributed by atoms with Crippen molar-refractivity contribution in [2.24, 2.45) is 0 Å². The van der Waals surface area contributed by atoms with Crippen LogP contribution in [-0.2, 0) is 48.1 Å². The maximum absolute atomic E-state index is 13.7. The zero-order chi connectivity index (χ0) is 37.3. The number of alkyl carbamates (subject to hydrolysis) is 1. The monoisotopic (exact) mass is 726 g/mol. The zero-order valence-corrected chi connectivity index (χ0v) is 27.9. The molecular formula is C28H33F3N10O10. The van der Waals surface area contributed by atoms with Crippen LogP contribution in [0.1, 0.15) is 26.6 Å². The van der Waals surface area contributed by atoms with Gasteiger partial charge in [0.05, 0.1) is 26.5 Å². The van der Waals surface area contributed by atoms with Crippen LogP contribution in [0.25, 0.3) is 28.7 Å². The minimum Gasteiger partial charge on any atom is -0.453 e. The number of carbonyl (C=O) groups excluding carboxylic acids is 4. The maximum atomic E-state index is 13.7. The Morgan fingerprint density at radius 1 is 0.961 bits per heavy atom. The van der Waals surface area contributed by atoms with E-state index in [4.69, 9.17) is 23.7 Å². The van der Waals surface area contributed by atoms with E-state index in [0.717, 1.165) is 7.11 Å². The minimum atomic E-state index is -4.99. The van der Waals surface area contributed by atoms with Gasteiger partial charge in [-0.05, 0) is 26.8 Å². The predicted molar refractivity (Wildman–Crippen MR) is 162 cm³/mol. The SMILES string of the molecule is COC(=O)NCCOC(=O)OCn1nc(C(F)(F)F)nc1-c1nc2ncccn2c1-c1cn(COC(=O)OCCN(C)C(=O)OC(C)(C)C)cn1. The second-order valence-corrected chi connectivity index (χ2v) is 11.2. The molecule has 0 fully saturated rings. The Morgan fingerprint density at radius 3 is 2.35 bits per heavy atom. The predicted octanol–water partition coefficient (Wildman–Crippen LogP) is 3.31. The largest absolute Gasteiger partial charge is 0.510 e. The minimum absolute atomic E-state index is 0.0335. The van der Waals surface area contributed by atoms with Crippen molar-refractivity contribution >= 4 is 30.3 Å². The van der Waals surface area contributed by atoms with Crippen molar-refractivity contribution in [3.05, 3.63) is 36.8 Å². The van der Waals surface area contributed by atoms with E-state index in [1.165, 1.54) is 45.8 Å². The van der Waals surface area contributed by atoms with Gasteiger partial charge >= 0.3 is 30.7 Å². The number of hydrogen-bond donors (Lipinski definition) is 1. The van der Waals surface area contributed by atoms with Crippen LogP contribution >= 0.6 is 0 Å². The van der Waals surface area contributed by atoms with Gasteiger partial charge in [-0.2, -0.15) is 13.2 Å². The number of aromatic nitrogens is 8. The number of imidazole rings is 2. The standard InChI is InChI=1S/C28H33F3N10O10/c1-27(2,3)51-24(43)38(4)10-12-48-26(45)49-15-39-13-17(34-14-39)19-18(35-22-32-7-6-9-40(19)22)20-36-21(28(29,30)31)37-41(20)16-50-25(44)47-11-8-33-23(42)46-5/h6-7,9,13-14H,8,10-12,15-16H2,1-5H3,(H,33,42). The smallest absolute Gasteiger partial charge is 0.453 e. The summed E-state index contributed by atoms with van der Waals surface area (Å²) in [5.41, 5.74) is -0.613. The fourth-order valence-electron chi connectivity index (χ4n) is 3.95. The van der Waals surface area contributed by atoms with Crippen LogP contribution in [0.5, 0.6) is 0 Å². The molecule has 276 valence electrons. The van der Waals surface area contributed by atoms with Crippen LogP contribution in [0.4, 0.5) is 32.3 Å². The van der Waals surface area contributed by atoms with E-state index in [1.54, 1.807) is 26.8 Å². The van der Waals surface area contributed by atoms with E-state index in [1.807, 2.05) is 0 Å². The van der Waals surface area contributed by atoms with Crippen molar-refractivity contribution in [3.8, 4) is 22.9 Å². The number of halogens is 3. The summed E-state index contributed by atoms with van der Waals surface area (Å²) >= 11 is 0. The second-order valence-electron chi connectivity index (χ2n) is 11.2. The third-order valence-electron chi connectivity index (χ3n) is 6.18. The Morgan fingerprint density at radius 2 is 1.67 bits per heavy atom.